The van der Waals surface area contributed by atoms with Gasteiger partial charge in [0.1, 0.15) is 7.45 Å². The third kappa shape index (κ3) is 5.43. The number of carbonyl (C=O) groups excluding carboxylic acids is 1. The van der Waals surface area contributed by atoms with Gasteiger partial charge in [0.05, 0.1) is 6.54 Å². The van der Waals surface area contributed by atoms with Crippen molar-refractivity contribution in [1.82, 2.24) is 5.32 Å². The van der Waals surface area contributed by atoms with Crippen molar-refractivity contribution in [2.24, 2.45) is 11.6 Å². The SMILES string of the molecule is Cl.[2H]NCC(=O)N[C@H](C(=O)O)C(C)C. The Labute approximate surface area is 84.6 Å². The number of rotatable bonds is 5. The number of carboxylic acid groups (broad SMARTS) is 1. The minimum atomic E-state index is -1.06. The summed E-state index contributed by atoms with van der Waals surface area (Å²) in [6, 6.07) is -0.888. The summed E-state index contributed by atoms with van der Waals surface area (Å²) in [5.74, 6) is -1.73. The molecule has 0 fully saturated rings. The van der Waals surface area contributed by atoms with Gasteiger partial charge in [0.2, 0.25) is 5.91 Å². The summed E-state index contributed by atoms with van der Waals surface area (Å²) in [4.78, 5) is 21.5. The lowest BCUT2D eigenvalue weighted by molar-refractivity contribution is -0.142. The van der Waals surface area contributed by atoms with Crippen molar-refractivity contribution in [2.75, 3.05) is 6.54 Å². The highest BCUT2D eigenvalue weighted by atomic mass is 35.5. The summed E-state index contributed by atoms with van der Waals surface area (Å²) in [5.41, 5.74) is 1.90. The highest BCUT2D eigenvalue weighted by Crippen LogP contribution is 2.00. The summed E-state index contributed by atoms with van der Waals surface area (Å²) in [5, 5.41) is 11.0. The number of hydrogen-bond donors (Lipinski definition) is 3. The molecule has 0 spiro atoms. The minimum absolute atomic E-state index is 0. The molecule has 4 N–H and O–H groups in total. The summed E-state index contributed by atoms with van der Waals surface area (Å²) < 4.78 is 6.53. The molecular weight excluding hydrogens is 196 g/mol. The average molecular weight is 212 g/mol. The van der Waals surface area contributed by atoms with Gasteiger partial charge in [-0.2, -0.15) is 0 Å². The largest absolute Gasteiger partial charge is 0.480 e. The van der Waals surface area contributed by atoms with Gasteiger partial charge in [-0.15, -0.1) is 12.4 Å². The Hall–Kier alpha value is -0.810. The first-order valence-electron chi connectivity index (χ1n) is 4.15. The van der Waals surface area contributed by atoms with E-state index >= 15 is 0 Å². The van der Waals surface area contributed by atoms with Crippen LogP contribution in [0.2, 0.25) is 1.41 Å². The van der Waals surface area contributed by atoms with Crippen LogP contribution in [0, 0.1) is 5.92 Å². The van der Waals surface area contributed by atoms with Crippen molar-refractivity contribution >= 4 is 24.3 Å². The van der Waals surface area contributed by atoms with Crippen LogP contribution in [0.4, 0.5) is 0 Å². The molecule has 1 amide bonds. The molecule has 0 aromatic heterocycles. The van der Waals surface area contributed by atoms with Crippen LogP contribution < -0.4 is 11.0 Å². The Bertz CT molecular complexity index is 201. The molecule has 0 saturated heterocycles. The number of nitrogens with one attached hydrogen (secondary N) is 1. The molecule has 0 aliphatic carbocycles. The van der Waals surface area contributed by atoms with Gasteiger partial charge in [0.25, 0.3) is 0 Å². The second kappa shape index (κ2) is 6.68. The zero-order valence-corrected chi connectivity index (χ0v) is 8.35. The highest BCUT2D eigenvalue weighted by Gasteiger charge is 2.22. The van der Waals surface area contributed by atoms with Gasteiger partial charge in [-0.25, -0.2) is 4.79 Å². The second-order valence-electron chi connectivity index (χ2n) is 2.80. The number of hydrogen-bond acceptors (Lipinski definition) is 3. The zero-order chi connectivity index (χ0) is 10.4. The monoisotopic (exact) mass is 211 g/mol. The van der Waals surface area contributed by atoms with Gasteiger partial charge in [-0.05, 0) is 5.92 Å². The van der Waals surface area contributed by atoms with E-state index in [1.165, 1.54) is 0 Å². The molecule has 13 heavy (non-hydrogen) atoms. The maximum absolute atomic E-state index is 10.9. The fraction of sp³-hybridized carbons (Fsp3) is 0.714. The number of amides is 1. The van der Waals surface area contributed by atoms with Crippen LogP contribution in [0.25, 0.3) is 0 Å². The van der Waals surface area contributed by atoms with E-state index in [0.717, 1.165) is 0 Å². The van der Waals surface area contributed by atoms with Crippen LogP contribution in [0.3, 0.4) is 0 Å². The fourth-order valence-electron chi connectivity index (χ4n) is 0.738. The molecule has 78 valence electrons. The Morgan fingerprint density at radius 1 is 1.62 bits per heavy atom. The Balaban J connectivity index is 0. The van der Waals surface area contributed by atoms with Crippen molar-refractivity contribution in [3.05, 3.63) is 0 Å². The number of carboxylic acids is 1. The van der Waals surface area contributed by atoms with Crippen LogP contribution in [0.15, 0.2) is 0 Å². The number of halogens is 1. The molecule has 0 radical (unpaired) electrons. The lowest BCUT2D eigenvalue weighted by Crippen LogP contribution is -2.46. The molecule has 1 atom stereocenters. The van der Waals surface area contributed by atoms with Crippen LogP contribution in [-0.4, -0.2) is 29.6 Å². The maximum atomic E-state index is 10.9. The first-order chi connectivity index (χ1) is 5.99. The topological polar surface area (TPSA) is 92.4 Å². The zero-order valence-electron chi connectivity index (χ0n) is 8.53. The summed E-state index contributed by atoms with van der Waals surface area (Å²) in [7, 11) is 0. The number of carbonyl (C=O) groups is 2. The van der Waals surface area contributed by atoms with Crippen molar-refractivity contribution < 1.29 is 16.1 Å². The van der Waals surface area contributed by atoms with Gasteiger partial charge in [-0.3, -0.25) is 4.79 Å². The minimum Gasteiger partial charge on any atom is -0.480 e. The van der Waals surface area contributed by atoms with Crippen LogP contribution in [-0.2, 0) is 9.59 Å². The van der Waals surface area contributed by atoms with Gasteiger partial charge in [0.15, 0.2) is 0 Å². The van der Waals surface area contributed by atoms with E-state index in [2.05, 4.69) is 5.32 Å². The normalized spacial score (nSPS) is 12.7. The van der Waals surface area contributed by atoms with Crippen molar-refractivity contribution in [3.8, 4) is 0 Å². The molecular formula is C7H15ClN2O3. The van der Waals surface area contributed by atoms with Gasteiger partial charge in [-0.1, -0.05) is 13.8 Å². The molecule has 0 aliphatic heterocycles. The van der Waals surface area contributed by atoms with Gasteiger partial charge < -0.3 is 16.2 Å². The average Bonchev–Trinajstić information content (AvgIpc) is 1.99. The van der Waals surface area contributed by atoms with E-state index in [1.54, 1.807) is 13.8 Å². The summed E-state index contributed by atoms with van der Waals surface area (Å²) in [6.07, 6.45) is 0. The van der Waals surface area contributed by atoms with E-state index in [4.69, 9.17) is 6.52 Å². The van der Waals surface area contributed by atoms with Crippen LogP contribution in [0.5, 0.6) is 0 Å². The number of aliphatic carboxylic acids is 1. The Morgan fingerprint density at radius 2 is 2.15 bits per heavy atom. The molecule has 0 aromatic rings. The molecule has 0 bridgehead atoms. The molecule has 0 aromatic carbocycles. The fourth-order valence-corrected chi connectivity index (χ4v) is 0.738. The van der Waals surface area contributed by atoms with Crippen LogP contribution in [0.1, 0.15) is 13.8 Å². The molecule has 0 rings (SSSR count). The molecule has 0 saturated carbocycles. The third-order valence-electron chi connectivity index (χ3n) is 1.41. The van der Waals surface area contributed by atoms with E-state index in [9.17, 15) is 9.59 Å². The van der Waals surface area contributed by atoms with Gasteiger partial charge in [0, 0.05) is 0 Å². The van der Waals surface area contributed by atoms with Crippen molar-refractivity contribution in [3.63, 3.8) is 0 Å². The molecule has 6 heteroatoms. The lowest BCUT2D eigenvalue weighted by atomic mass is 10.1. The first-order valence-corrected chi connectivity index (χ1v) is 3.65. The smallest absolute Gasteiger partial charge is 0.326 e. The predicted molar refractivity (Wildman–Crippen MR) is 50.7 cm³/mol. The summed E-state index contributed by atoms with van der Waals surface area (Å²) >= 11 is 0. The van der Waals surface area contributed by atoms with Gasteiger partial charge >= 0.3 is 5.97 Å². The van der Waals surface area contributed by atoms with E-state index in [0.29, 0.717) is 0 Å². The molecule has 0 heterocycles. The Morgan fingerprint density at radius 3 is 2.46 bits per heavy atom. The molecule has 0 aliphatic rings. The third-order valence-corrected chi connectivity index (χ3v) is 1.41. The van der Waals surface area contributed by atoms with E-state index < -0.39 is 17.9 Å². The van der Waals surface area contributed by atoms with E-state index in [1.807, 2.05) is 5.73 Å². The Kier molecular flexibility index (Phi) is 6.26. The maximum Gasteiger partial charge on any atom is 0.326 e. The standard InChI is InChI=1S/C7H14N2O3.ClH/c1-4(2)6(7(11)12)9-5(10)3-8;/h4,6H,3,8H2,1-2H3,(H,9,10)(H,11,12);1H/t6-;/m0./s1/i/hD. The lowest BCUT2D eigenvalue weighted by Gasteiger charge is -2.16. The summed E-state index contributed by atoms with van der Waals surface area (Å²) in [6.45, 7) is 3.21. The van der Waals surface area contributed by atoms with Crippen molar-refractivity contribution in [1.29, 1.82) is 0 Å². The quantitative estimate of drug-likeness (QED) is 0.577. The van der Waals surface area contributed by atoms with E-state index in [-0.39, 0.29) is 24.9 Å². The molecule has 5 nitrogen and oxygen atoms in total. The number of nitrogens with two attached hydrogens (primary N) is 1. The highest BCUT2D eigenvalue weighted by molar-refractivity contribution is 5.85. The predicted octanol–water partition coefficient (Wildman–Crippen LogP) is -0.408. The van der Waals surface area contributed by atoms with Crippen molar-refractivity contribution in [2.45, 2.75) is 19.9 Å². The molecule has 0 unspecified atom stereocenters. The second-order valence-corrected chi connectivity index (χ2v) is 2.80. The first kappa shape index (κ1) is 12.2. The van der Waals surface area contributed by atoms with Crippen LogP contribution >= 0.6 is 12.4 Å².